The Bertz CT molecular complexity index is 544. The monoisotopic (exact) mass is 267 g/mol. The van der Waals surface area contributed by atoms with E-state index in [9.17, 15) is 14.9 Å². The molecule has 0 fully saturated rings. The first-order valence-electron chi connectivity index (χ1n) is 5.04. The number of nitrogens with zero attached hydrogens (tertiary/aromatic N) is 3. The fraction of sp³-hybridized carbons (Fsp3) is 0.200. The van der Waals surface area contributed by atoms with E-state index in [1.165, 1.54) is 4.68 Å². The van der Waals surface area contributed by atoms with Gasteiger partial charge in [0.15, 0.2) is 0 Å². The van der Waals surface area contributed by atoms with Crippen LogP contribution in [-0.4, -0.2) is 25.8 Å². The Balaban J connectivity index is 2.16. The first-order chi connectivity index (χ1) is 8.58. The molecule has 8 heteroatoms. The van der Waals surface area contributed by atoms with Gasteiger partial charge >= 0.3 is 11.7 Å². The van der Waals surface area contributed by atoms with Crippen molar-refractivity contribution in [3.8, 4) is 0 Å². The zero-order chi connectivity index (χ0) is 13.1. The van der Waals surface area contributed by atoms with Crippen LogP contribution in [0.4, 0.5) is 5.69 Å². The van der Waals surface area contributed by atoms with Gasteiger partial charge in [-0.2, -0.15) is 16.4 Å². The molecule has 0 bridgehead atoms. The van der Waals surface area contributed by atoms with Crippen LogP contribution in [0.3, 0.4) is 0 Å². The third-order valence-electron chi connectivity index (χ3n) is 2.35. The molecule has 0 aliphatic rings. The lowest BCUT2D eigenvalue weighted by Crippen LogP contribution is -2.05. The number of rotatable bonds is 5. The molecule has 2 aromatic heterocycles. The summed E-state index contributed by atoms with van der Waals surface area (Å²) in [4.78, 5) is 20.7. The van der Waals surface area contributed by atoms with Crippen LogP contribution in [-0.2, 0) is 13.0 Å². The molecule has 0 aliphatic carbocycles. The van der Waals surface area contributed by atoms with E-state index in [4.69, 9.17) is 5.11 Å². The number of hydrogen-bond acceptors (Lipinski definition) is 5. The van der Waals surface area contributed by atoms with Crippen LogP contribution in [0.5, 0.6) is 0 Å². The molecule has 0 aromatic carbocycles. The number of hydrogen-bond donors (Lipinski definition) is 1. The maximum Gasteiger partial charge on any atom is 0.363 e. The number of aromatic nitrogens is 2. The van der Waals surface area contributed by atoms with Crippen molar-refractivity contribution in [3.63, 3.8) is 0 Å². The maximum absolute atomic E-state index is 10.8. The first kappa shape index (κ1) is 12.2. The number of carboxylic acid groups (broad SMARTS) is 1. The summed E-state index contributed by atoms with van der Waals surface area (Å²) in [6, 6.07) is 1.95. The largest absolute Gasteiger partial charge is 0.476 e. The highest BCUT2D eigenvalue weighted by atomic mass is 32.1. The van der Waals surface area contributed by atoms with Crippen molar-refractivity contribution in [1.82, 2.24) is 9.78 Å². The molecule has 0 radical (unpaired) electrons. The lowest BCUT2D eigenvalue weighted by atomic mass is 10.2. The lowest BCUT2D eigenvalue weighted by molar-refractivity contribution is -0.385. The summed E-state index contributed by atoms with van der Waals surface area (Å²) < 4.78 is 1.29. The second kappa shape index (κ2) is 4.96. The van der Waals surface area contributed by atoms with Gasteiger partial charge < -0.3 is 5.11 Å². The minimum Gasteiger partial charge on any atom is -0.476 e. The third-order valence-corrected chi connectivity index (χ3v) is 3.08. The number of thiophene rings is 1. The fourth-order valence-corrected chi connectivity index (χ4v) is 2.19. The second-order valence-electron chi connectivity index (χ2n) is 3.57. The van der Waals surface area contributed by atoms with E-state index < -0.39 is 22.3 Å². The molecule has 0 atom stereocenters. The number of nitro groups is 1. The van der Waals surface area contributed by atoms with Crippen molar-refractivity contribution in [2.75, 3.05) is 0 Å². The van der Waals surface area contributed by atoms with Gasteiger partial charge in [0.1, 0.15) is 6.20 Å². The summed E-state index contributed by atoms with van der Waals surface area (Å²) in [6.45, 7) is 0.408. The summed E-state index contributed by atoms with van der Waals surface area (Å²) >= 11 is 1.56. The van der Waals surface area contributed by atoms with Crippen molar-refractivity contribution in [2.24, 2.45) is 0 Å². The van der Waals surface area contributed by atoms with Crippen molar-refractivity contribution in [3.05, 3.63) is 44.4 Å². The number of aryl methyl sites for hydroxylation is 2. The molecule has 0 unspecified atom stereocenters. The van der Waals surface area contributed by atoms with Crippen LogP contribution in [0.15, 0.2) is 23.0 Å². The molecular formula is C10H9N3O4S. The van der Waals surface area contributed by atoms with Gasteiger partial charge in [0.25, 0.3) is 0 Å². The molecule has 94 valence electrons. The highest BCUT2D eigenvalue weighted by Crippen LogP contribution is 2.17. The van der Waals surface area contributed by atoms with Gasteiger partial charge in [-0.3, -0.25) is 14.8 Å². The molecule has 2 heterocycles. The standard InChI is InChI=1S/C10H9N3O4S/c14-10(15)9-8(13(16)17)5-12(11-9)3-1-7-2-4-18-6-7/h2,4-6H,1,3H2,(H,14,15). The minimum absolute atomic E-state index is 0.408. The van der Waals surface area contributed by atoms with Gasteiger partial charge in [0.2, 0.25) is 5.69 Å². The lowest BCUT2D eigenvalue weighted by Gasteiger charge is -1.97. The molecule has 0 aliphatic heterocycles. The Labute approximate surface area is 105 Å². The van der Waals surface area contributed by atoms with Crippen molar-refractivity contribution in [1.29, 1.82) is 0 Å². The van der Waals surface area contributed by atoms with Gasteiger partial charge in [0.05, 0.1) is 4.92 Å². The van der Waals surface area contributed by atoms with Crippen molar-refractivity contribution < 1.29 is 14.8 Å². The summed E-state index contributed by atoms with van der Waals surface area (Å²) in [6.07, 6.45) is 1.80. The molecular weight excluding hydrogens is 258 g/mol. The van der Waals surface area contributed by atoms with Crippen LogP contribution in [0.1, 0.15) is 16.1 Å². The van der Waals surface area contributed by atoms with Crippen LogP contribution in [0.2, 0.25) is 0 Å². The second-order valence-corrected chi connectivity index (χ2v) is 4.35. The summed E-state index contributed by atoms with van der Waals surface area (Å²) in [5.41, 5.74) is 0.0909. The molecule has 7 nitrogen and oxygen atoms in total. The Hall–Kier alpha value is -2.22. The van der Waals surface area contributed by atoms with Crippen LogP contribution >= 0.6 is 11.3 Å². The first-order valence-corrected chi connectivity index (χ1v) is 5.98. The number of carbonyl (C=O) groups is 1. The van der Waals surface area contributed by atoms with Crippen LogP contribution in [0.25, 0.3) is 0 Å². The molecule has 0 amide bonds. The predicted molar refractivity (Wildman–Crippen MR) is 63.9 cm³/mol. The Morgan fingerprint density at radius 2 is 2.39 bits per heavy atom. The summed E-state index contributed by atoms with van der Waals surface area (Å²) in [5.74, 6) is -1.39. The third kappa shape index (κ3) is 2.54. The number of carboxylic acids is 1. The quantitative estimate of drug-likeness (QED) is 0.657. The zero-order valence-corrected chi connectivity index (χ0v) is 9.96. The highest BCUT2D eigenvalue weighted by molar-refractivity contribution is 7.07. The summed E-state index contributed by atoms with van der Waals surface area (Å²) in [7, 11) is 0. The minimum atomic E-state index is -1.39. The summed E-state index contributed by atoms with van der Waals surface area (Å²) in [5, 5.41) is 27.1. The van der Waals surface area contributed by atoms with Gasteiger partial charge in [-0.1, -0.05) is 0 Å². The maximum atomic E-state index is 10.8. The molecule has 18 heavy (non-hydrogen) atoms. The smallest absolute Gasteiger partial charge is 0.363 e. The van der Waals surface area contributed by atoms with E-state index in [0.717, 1.165) is 11.8 Å². The average molecular weight is 267 g/mol. The van der Waals surface area contributed by atoms with Gasteiger partial charge in [-0.15, -0.1) is 0 Å². The molecule has 1 N–H and O–H groups in total. The Morgan fingerprint density at radius 3 is 2.89 bits per heavy atom. The van der Waals surface area contributed by atoms with E-state index in [1.807, 2.05) is 16.8 Å². The van der Waals surface area contributed by atoms with E-state index in [1.54, 1.807) is 11.3 Å². The fourth-order valence-electron chi connectivity index (χ4n) is 1.49. The molecule has 2 aromatic rings. The Morgan fingerprint density at radius 1 is 1.61 bits per heavy atom. The van der Waals surface area contributed by atoms with Gasteiger partial charge in [-0.25, -0.2) is 4.79 Å². The molecule has 0 spiro atoms. The topological polar surface area (TPSA) is 98.3 Å². The SMILES string of the molecule is O=C(O)c1nn(CCc2ccsc2)cc1[N+](=O)[O-]. The normalized spacial score (nSPS) is 10.4. The van der Waals surface area contributed by atoms with Crippen LogP contribution < -0.4 is 0 Å². The molecule has 2 rings (SSSR count). The van der Waals surface area contributed by atoms with E-state index in [0.29, 0.717) is 13.0 Å². The highest BCUT2D eigenvalue weighted by Gasteiger charge is 2.24. The van der Waals surface area contributed by atoms with E-state index in [-0.39, 0.29) is 0 Å². The zero-order valence-electron chi connectivity index (χ0n) is 9.15. The average Bonchev–Trinajstić information content (AvgIpc) is 2.95. The van der Waals surface area contributed by atoms with E-state index in [2.05, 4.69) is 5.10 Å². The Kier molecular flexibility index (Phi) is 3.38. The van der Waals surface area contributed by atoms with Gasteiger partial charge in [0, 0.05) is 6.54 Å². The van der Waals surface area contributed by atoms with Gasteiger partial charge in [-0.05, 0) is 28.8 Å². The predicted octanol–water partition coefficient (Wildman–Crippen LogP) is 1.79. The van der Waals surface area contributed by atoms with E-state index >= 15 is 0 Å². The molecule has 0 saturated heterocycles. The molecule has 0 saturated carbocycles. The van der Waals surface area contributed by atoms with Crippen molar-refractivity contribution in [2.45, 2.75) is 13.0 Å². The van der Waals surface area contributed by atoms with Crippen molar-refractivity contribution >= 4 is 23.0 Å². The van der Waals surface area contributed by atoms with Crippen LogP contribution in [0, 0.1) is 10.1 Å². The number of aromatic carboxylic acids is 1.